The molecule has 2 unspecified atom stereocenters. The van der Waals surface area contributed by atoms with E-state index in [9.17, 15) is 0 Å². The molecule has 3 aliphatic rings. The Kier molecular flexibility index (Phi) is 6.03. The van der Waals surface area contributed by atoms with Gasteiger partial charge >= 0.3 is 0 Å². The van der Waals surface area contributed by atoms with E-state index in [1.165, 1.54) is 22.3 Å². The molecule has 0 radical (unpaired) electrons. The molecule has 0 aromatic rings. The van der Waals surface area contributed by atoms with Crippen molar-refractivity contribution in [3.63, 3.8) is 0 Å². The fourth-order valence-electron chi connectivity index (χ4n) is 4.99. The molecule has 2 aliphatic carbocycles. The number of nitrogens with zero attached hydrogens (tertiary/aromatic N) is 1. The standard InChI is InChI=1S/C25H33NO2/c1-8-9-19-12-14-26(6)21-16-20-10-11-22(28-15-13-17(2)3)25(5,27-7)24(20)18(4)23(19)21/h1,9-11,21,24H,2,12-16H2,3-7H3/b19-9-/t21-,24?,25?/m1/s1. The quantitative estimate of drug-likeness (QED) is 0.506. The molecule has 0 bridgehead atoms. The Labute approximate surface area is 170 Å². The van der Waals surface area contributed by atoms with Gasteiger partial charge < -0.3 is 9.47 Å². The number of piperidine rings is 1. The molecule has 1 heterocycles. The highest BCUT2D eigenvalue weighted by Gasteiger charge is 2.49. The average Bonchev–Trinajstić information content (AvgIpc) is 2.65. The van der Waals surface area contributed by atoms with Gasteiger partial charge in [-0.25, -0.2) is 0 Å². The summed E-state index contributed by atoms with van der Waals surface area (Å²) < 4.78 is 12.3. The van der Waals surface area contributed by atoms with Gasteiger partial charge in [-0.05, 0) is 64.0 Å². The van der Waals surface area contributed by atoms with Crippen LogP contribution in [0.2, 0.25) is 0 Å². The van der Waals surface area contributed by atoms with Gasteiger partial charge in [-0.3, -0.25) is 4.90 Å². The van der Waals surface area contributed by atoms with Crippen molar-refractivity contribution in [1.29, 1.82) is 0 Å². The Balaban J connectivity index is 2.03. The minimum absolute atomic E-state index is 0.168. The third kappa shape index (κ3) is 3.52. The predicted octanol–water partition coefficient (Wildman–Crippen LogP) is 4.80. The largest absolute Gasteiger partial charge is 0.495 e. The molecule has 0 N–H and O–H groups in total. The Morgan fingerprint density at radius 3 is 2.86 bits per heavy atom. The zero-order valence-corrected chi connectivity index (χ0v) is 18.0. The summed E-state index contributed by atoms with van der Waals surface area (Å²) in [5, 5.41) is 0. The van der Waals surface area contributed by atoms with Crippen molar-refractivity contribution in [1.82, 2.24) is 4.90 Å². The van der Waals surface area contributed by atoms with E-state index < -0.39 is 5.60 Å². The van der Waals surface area contributed by atoms with Crippen LogP contribution in [0.3, 0.4) is 0 Å². The lowest BCUT2D eigenvalue weighted by Gasteiger charge is -2.49. The zero-order valence-electron chi connectivity index (χ0n) is 18.0. The summed E-state index contributed by atoms with van der Waals surface area (Å²) in [6, 6.07) is 0.385. The summed E-state index contributed by atoms with van der Waals surface area (Å²) in [7, 11) is 4.00. The molecule has 0 aromatic heterocycles. The smallest absolute Gasteiger partial charge is 0.132 e. The van der Waals surface area contributed by atoms with Crippen molar-refractivity contribution in [2.24, 2.45) is 5.92 Å². The number of hydrogen-bond donors (Lipinski definition) is 0. The van der Waals surface area contributed by atoms with Gasteiger partial charge in [0.1, 0.15) is 11.4 Å². The predicted molar refractivity (Wildman–Crippen MR) is 116 cm³/mol. The molecular formula is C25H33NO2. The summed E-state index contributed by atoms with van der Waals surface area (Å²) >= 11 is 0. The summed E-state index contributed by atoms with van der Waals surface area (Å²) in [5.41, 5.74) is 6.09. The second-order valence-electron chi connectivity index (χ2n) is 8.46. The van der Waals surface area contributed by atoms with E-state index in [1.54, 1.807) is 7.11 Å². The average molecular weight is 380 g/mol. The molecule has 3 nitrogen and oxygen atoms in total. The molecule has 150 valence electrons. The first-order chi connectivity index (χ1) is 13.3. The van der Waals surface area contributed by atoms with Gasteiger partial charge in [0.05, 0.1) is 6.61 Å². The van der Waals surface area contributed by atoms with E-state index in [0.717, 1.165) is 37.1 Å². The molecule has 0 amide bonds. The number of likely N-dealkylation sites (N-methyl/N-ethyl adjacent to an activating group) is 1. The molecule has 3 atom stereocenters. The second kappa shape index (κ2) is 8.15. The van der Waals surface area contributed by atoms with Crippen LogP contribution in [-0.2, 0) is 9.47 Å². The highest BCUT2D eigenvalue weighted by Crippen LogP contribution is 2.51. The molecule has 0 spiro atoms. The normalized spacial score (nSPS) is 31.5. The maximum absolute atomic E-state index is 6.18. The van der Waals surface area contributed by atoms with Crippen LogP contribution >= 0.6 is 0 Å². The molecule has 28 heavy (non-hydrogen) atoms. The van der Waals surface area contributed by atoms with Gasteiger partial charge in [-0.15, -0.1) is 13.0 Å². The van der Waals surface area contributed by atoms with Crippen molar-refractivity contribution in [3.8, 4) is 12.3 Å². The number of likely N-dealkylation sites (tertiary alicyclic amines) is 1. The van der Waals surface area contributed by atoms with Crippen molar-refractivity contribution < 1.29 is 9.47 Å². The van der Waals surface area contributed by atoms with E-state index in [1.807, 2.05) is 13.0 Å². The van der Waals surface area contributed by atoms with Crippen LogP contribution in [0.1, 0.15) is 40.0 Å². The third-order valence-corrected chi connectivity index (χ3v) is 6.56. The number of fused-ring (bicyclic) bond motifs is 2. The van der Waals surface area contributed by atoms with Gasteiger partial charge in [-0.2, -0.15) is 0 Å². The van der Waals surface area contributed by atoms with E-state index >= 15 is 0 Å². The van der Waals surface area contributed by atoms with E-state index in [4.69, 9.17) is 15.9 Å². The maximum atomic E-state index is 6.18. The Hall–Kier alpha value is -2.02. The number of hydrogen-bond acceptors (Lipinski definition) is 3. The summed E-state index contributed by atoms with van der Waals surface area (Å²) in [4.78, 5) is 2.45. The molecule has 1 saturated heterocycles. The lowest BCUT2D eigenvalue weighted by Crippen LogP contribution is -2.50. The van der Waals surface area contributed by atoms with Crippen LogP contribution < -0.4 is 0 Å². The molecular weight excluding hydrogens is 346 g/mol. The van der Waals surface area contributed by atoms with Crippen LogP contribution in [0.15, 0.2) is 58.4 Å². The van der Waals surface area contributed by atoms with E-state index in [0.29, 0.717) is 12.6 Å². The van der Waals surface area contributed by atoms with Crippen LogP contribution in [0.5, 0.6) is 0 Å². The fraction of sp³-hybridized carbons (Fsp3) is 0.520. The van der Waals surface area contributed by atoms with Crippen molar-refractivity contribution >= 4 is 0 Å². The molecule has 0 saturated carbocycles. The van der Waals surface area contributed by atoms with Gasteiger partial charge in [0, 0.05) is 32.0 Å². The summed E-state index contributed by atoms with van der Waals surface area (Å²) in [6.45, 7) is 12.1. The third-order valence-electron chi connectivity index (χ3n) is 6.56. The minimum atomic E-state index is -0.515. The molecule has 3 heteroatoms. The molecule has 1 aliphatic heterocycles. The Bertz CT molecular complexity index is 820. The molecule has 0 aromatic carbocycles. The van der Waals surface area contributed by atoms with Crippen molar-refractivity contribution in [2.75, 3.05) is 27.3 Å². The lowest BCUT2D eigenvalue weighted by molar-refractivity contribution is -0.0411. The Morgan fingerprint density at radius 2 is 2.21 bits per heavy atom. The zero-order chi connectivity index (χ0) is 20.5. The maximum Gasteiger partial charge on any atom is 0.132 e. The summed E-state index contributed by atoms with van der Waals surface area (Å²) in [6.07, 6.45) is 14.8. The number of methoxy groups -OCH3 is 1. The van der Waals surface area contributed by atoms with Gasteiger partial charge in [0.15, 0.2) is 0 Å². The van der Waals surface area contributed by atoms with Gasteiger partial charge in [0.25, 0.3) is 0 Å². The summed E-state index contributed by atoms with van der Waals surface area (Å²) in [5.74, 6) is 3.82. The van der Waals surface area contributed by atoms with Crippen molar-refractivity contribution in [2.45, 2.75) is 51.7 Å². The topological polar surface area (TPSA) is 21.7 Å². The number of terminal acetylenes is 1. The first-order valence-corrected chi connectivity index (χ1v) is 10.1. The first-order valence-electron chi connectivity index (χ1n) is 10.1. The molecule has 3 rings (SSSR count). The van der Waals surface area contributed by atoms with Gasteiger partial charge in [0.2, 0.25) is 0 Å². The van der Waals surface area contributed by atoms with Crippen LogP contribution in [0.4, 0.5) is 0 Å². The number of rotatable bonds is 5. The highest BCUT2D eigenvalue weighted by atomic mass is 16.5. The Morgan fingerprint density at radius 1 is 1.46 bits per heavy atom. The van der Waals surface area contributed by atoms with Crippen LogP contribution in [0, 0.1) is 18.3 Å². The number of ether oxygens (including phenoxy) is 2. The van der Waals surface area contributed by atoms with Gasteiger partial charge in [-0.1, -0.05) is 28.7 Å². The fourth-order valence-corrected chi connectivity index (χ4v) is 4.99. The van der Waals surface area contributed by atoms with E-state index in [2.05, 4.69) is 50.4 Å². The lowest BCUT2D eigenvalue weighted by atomic mass is 9.64. The monoisotopic (exact) mass is 379 g/mol. The van der Waals surface area contributed by atoms with Crippen molar-refractivity contribution in [3.05, 3.63) is 58.4 Å². The van der Waals surface area contributed by atoms with Crippen LogP contribution in [0.25, 0.3) is 0 Å². The minimum Gasteiger partial charge on any atom is -0.495 e. The second-order valence-corrected chi connectivity index (χ2v) is 8.46. The number of allylic oxidation sites excluding steroid dienone is 3. The van der Waals surface area contributed by atoms with Crippen LogP contribution in [-0.4, -0.2) is 43.9 Å². The first kappa shape index (κ1) is 20.7. The highest BCUT2D eigenvalue weighted by molar-refractivity contribution is 5.53. The SMILES string of the molecule is C#C/C=C1/CCN(C)[C@@H]2CC3=CC=C(OCCC(=C)C)C(C)(OC)C3C(C)=C12. The molecule has 1 fully saturated rings. The van der Waals surface area contributed by atoms with E-state index in [-0.39, 0.29) is 5.92 Å².